The highest BCUT2D eigenvalue weighted by molar-refractivity contribution is 9.10. The van der Waals surface area contributed by atoms with Gasteiger partial charge in [0.1, 0.15) is 17.4 Å². The Morgan fingerprint density at radius 3 is 2.43 bits per heavy atom. The van der Waals surface area contributed by atoms with E-state index in [2.05, 4.69) is 35.9 Å². The highest BCUT2D eigenvalue weighted by Crippen LogP contribution is 2.23. The van der Waals surface area contributed by atoms with Gasteiger partial charge in [-0.05, 0) is 66.2 Å². The number of hydrogen-bond donors (Lipinski definition) is 2. The first kappa shape index (κ1) is 21.7. The Bertz CT molecular complexity index is 1150. The lowest BCUT2D eigenvalue weighted by Gasteiger charge is -2.10. The zero-order chi connectivity index (χ0) is 21.7. The van der Waals surface area contributed by atoms with Gasteiger partial charge in [0, 0.05) is 17.4 Å². The fourth-order valence-corrected chi connectivity index (χ4v) is 3.98. The van der Waals surface area contributed by atoms with Gasteiger partial charge in [-0.3, -0.25) is 9.52 Å². The molecule has 2 aromatic carbocycles. The van der Waals surface area contributed by atoms with Crippen molar-refractivity contribution in [1.82, 2.24) is 9.97 Å². The number of aryl methyl sites for hydroxylation is 2. The Morgan fingerprint density at radius 1 is 1.07 bits per heavy atom. The molecule has 3 rings (SSSR count). The summed E-state index contributed by atoms with van der Waals surface area (Å²) < 4.78 is 33.8. The largest absolute Gasteiger partial charge is 0.483 e. The van der Waals surface area contributed by atoms with Gasteiger partial charge in [-0.1, -0.05) is 12.1 Å². The summed E-state index contributed by atoms with van der Waals surface area (Å²) in [6.07, 6.45) is 0. The average Bonchev–Trinajstić information content (AvgIpc) is 2.66. The smallest absolute Gasteiger partial charge is 0.263 e. The third kappa shape index (κ3) is 5.77. The van der Waals surface area contributed by atoms with Crippen LogP contribution in [0.25, 0.3) is 0 Å². The van der Waals surface area contributed by atoms with Crippen molar-refractivity contribution in [3.63, 3.8) is 0 Å². The number of sulfonamides is 1. The number of para-hydroxylation sites is 1. The van der Waals surface area contributed by atoms with Crippen LogP contribution < -0.4 is 14.8 Å². The molecule has 0 aliphatic heterocycles. The maximum atomic E-state index is 12.6. The van der Waals surface area contributed by atoms with Gasteiger partial charge in [-0.25, -0.2) is 18.4 Å². The molecule has 2 N–H and O–H groups in total. The van der Waals surface area contributed by atoms with Gasteiger partial charge in [-0.15, -0.1) is 0 Å². The molecule has 0 atom stereocenters. The Kier molecular flexibility index (Phi) is 6.68. The van der Waals surface area contributed by atoms with Crippen LogP contribution in [0.4, 0.5) is 11.5 Å². The Morgan fingerprint density at radius 2 is 1.77 bits per heavy atom. The second kappa shape index (κ2) is 9.23. The fourth-order valence-electron chi connectivity index (χ4n) is 2.59. The molecule has 0 radical (unpaired) electrons. The van der Waals surface area contributed by atoms with Gasteiger partial charge in [0.05, 0.1) is 9.37 Å². The van der Waals surface area contributed by atoms with E-state index in [4.69, 9.17) is 4.74 Å². The number of anilines is 2. The number of amides is 1. The molecule has 10 heteroatoms. The number of carbonyl (C=O) groups excluding carboxylic acids is 1. The molecule has 0 aliphatic rings. The molecular weight excluding hydrogens is 472 g/mol. The molecule has 8 nitrogen and oxygen atoms in total. The van der Waals surface area contributed by atoms with E-state index in [0.29, 0.717) is 23.0 Å². The number of ether oxygens (including phenoxy) is 1. The minimum absolute atomic E-state index is 0.0406. The van der Waals surface area contributed by atoms with Crippen molar-refractivity contribution in [2.75, 3.05) is 16.6 Å². The summed E-state index contributed by atoms with van der Waals surface area (Å²) in [5.74, 6) is 0.846. The predicted octanol–water partition coefficient (Wildman–Crippen LogP) is 3.67. The number of carbonyl (C=O) groups is 1. The van der Waals surface area contributed by atoms with E-state index in [0.717, 1.165) is 4.47 Å². The summed E-state index contributed by atoms with van der Waals surface area (Å²) in [4.78, 5) is 20.3. The van der Waals surface area contributed by atoms with Crippen LogP contribution in [0.3, 0.4) is 0 Å². The standard InChI is InChI=1S/C20H19BrN4O4S/c1-13-11-19(23-14(2)22-13)25-30(27,28)16-9-7-15(8-10-16)24-20(26)12-29-18-6-4-3-5-17(18)21/h3-11H,12H2,1-2H3,(H,24,26)(H,22,23,25). The lowest BCUT2D eigenvalue weighted by Crippen LogP contribution is -2.20. The van der Waals surface area contributed by atoms with Gasteiger partial charge in [0.25, 0.3) is 15.9 Å². The molecular formula is C20H19BrN4O4S. The Labute approximate surface area is 182 Å². The molecule has 1 heterocycles. The number of rotatable bonds is 7. The van der Waals surface area contributed by atoms with E-state index in [1.165, 1.54) is 24.3 Å². The summed E-state index contributed by atoms with van der Waals surface area (Å²) in [6, 6.07) is 14.5. The number of nitrogens with one attached hydrogen (secondary N) is 2. The average molecular weight is 491 g/mol. The molecule has 0 saturated carbocycles. The highest BCUT2D eigenvalue weighted by atomic mass is 79.9. The molecule has 156 valence electrons. The van der Waals surface area contributed by atoms with Gasteiger partial charge < -0.3 is 10.1 Å². The Hall–Kier alpha value is -2.98. The fraction of sp³-hybridized carbons (Fsp3) is 0.150. The van der Waals surface area contributed by atoms with Crippen molar-refractivity contribution in [3.05, 3.63) is 70.6 Å². The number of benzene rings is 2. The third-order valence-corrected chi connectivity index (χ3v) is 5.87. The lowest BCUT2D eigenvalue weighted by molar-refractivity contribution is -0.118. The van der Waals surface area contributed by atoms with Gasteiger partial charge >= 0.3 is 0 Å². The molecule has 0 aliphatic carbocycles. The summed E-state index contributed by atoms with van der Waals surface area (Å²) in [7, 11) is -3.83. The monoisotopic (exact) mass is 490 g/mol. The molecule has 1 aromatic heterocycles. The van der Waals surface area contributed by atoms with E-state index in [9.17, 15) is 13.2 Å². The molecule has 0 unspecified atom stereocenters. The summed E-state index contributed by atoms with van der Waals surface area (Å²) in [5.41, 5.74) is 1.10. The van der Waals surface area contributed by atoms with Crippen LogP contribution in [0, 0.1) is 13.8 Å². The zero-order valence-electron chi connectivity index (χ0n) is 16.2. The van der Waals surface area contributed by atoms with E-state index in [1.807, 2.05) is 12.1 Å². The molecule has 30 heavy (non-hydrogen) atoms. The van der Waals surface area contributed by atoms with Crippen molar-refractivity contribution in [3.8, 4) is 5.75 Å². The summed E-state index contributed by atoms with van der Waals surface area (Å²) in [5, 5.41) is 2.66. The molecule has 3 aromatic rings. The van der Waals surface area contributed by atoms with Crippen LogP contribution in [0.15, 0.2) is 64.0 Å². The van der Waals surface area contributed by atoms with Crippen LogP contribution in [0.5, 0.6) is 5.75 Å². The van der Waals surface area contributed by atoms with Crippen LogP contribution >= 0.6 is 15.9 Å². The predicted molar refractivity (Wildman–Crippen MR) is 117 cm³/mol. The van der Waals surface area contributed by atoms with Gasteiger partial charge in [-0.2, -0.15) is 0 Å². The first-order valence-electron chi connectivity index (χ1n) is 8.85. The van der Waals surface area contributed by atoms with E-state index >= 15 is 0 Å². The summed E-state index contributed by atoms with van der Waals surface area (Å²) in [6.45, 7) is 3.25. The van der Waals surface area contributed by atoms with Crippen LogP contribution in [-0.2, 0) is 14.8 Å². The number of halogens is 1. The second-order valence-corrected chi connectivity index (χ2v) is 8.88. The van der Waals surface area contributed by atoms with Crippen molar-refractivity contribution in [2.24, 2.45) is 0 Å². The number of hydrogen-bond acceptors (Lipinski definition) is 6. The number of aromatic nitrogens is 2. The van der Waals surface area contributed by atoms with Crippen LogP contribution in [0.1, 0.15) is 11.5 Å². The van der Waals surface area contributed by atoms with Crippen molar-refractivity contribution in [1.29, 1.82) is 0 Å². The normalized spacial score (nSPS) is 11.0. The maximum absolute atomic E-state index is 12.6. The molecule has 0 bridgehead atoms. The Balaban J connectivity index is 1.62. The first-order chi connectivity index (χ1) is 14.2. The highest BCUT2D eigenvalue weighted by Gasteiger charge is 2.16. The van der Waals surface area contributed by atoms with Gasteiger partial charge in [0.2, 0.25) is 0 Å². The minimum atomic E-state index is -3.83. The SMILES string of the molecule is Cc1cc(NS(=O)(=O)c2ccc(NC(=O)COc3ccccc3Br)cc2)nc(C)n1. The molecule has 0 spiro atoms. The first-order valence-corrected chi connectivity index (χ1v) is 11.1. The second-order valence-electron chi connectivity index (χ2n) is 6.34. The zero-order valence-corrected chi connectivity index (χ0v) is 18.6. The molecule has 0 saturated heterocycles. The topological polar surface area (TPSA) is 110 Å². The molecule has 0 fully saturated rings. The van der Waals surface area contributed by atoms with Crippen molar-refractivity contribution in [2.45, 2.75) is 18.7 Å². The third-order valence-electron chi connectivity index (χ3n) is 3.85. The minimum Gasteiger partial charge on any atom is -0.483 e. The maximum Gasteiger partial charge on any atom is 0.263 e. The van der Waals surface area contributed by atoms with Crippen molar-refractivity contribution < 1.29 is 17.9 Å². The molecule has 1 amide bonds. The van der Waals surface area contributed by atoms with E-state index < -0.39 is 10.0 Å². The van der Waals surface area contributed by atoms with Crippen LogP contribution in [0.2, 0.25) is 0 Å². The van der Waals surface area contributed by atoms with Crippen LogP contribution in [-0.4, -0.2) is 30.9 Å². The summed E-state index contributed by atoms with van der Waals surface area (Å²) >= 11 is 3.34. The quantitative estimate of drug-likeness (QED) is 0.522. The van der Waals surface area contributed by atoms with E-state index in [-0.39, 0.29) is 23.2 Å². The van der Waals surface area contributed by atoms with Gasteiger partial charge in [0.15, 0.2) is 6.61 Å². The van der Waals surface area contributed by atoms with Crippen molar-refractivity contribution >= 4 is 43.4 Å². The number of nitrogens with zero attached hydrogens (tertiary/aromatic N) is 2. The lowest BCUT2D eigenvalue weighted by atomic mass is 10.3. The van der Waals surface area contributed by atoms with E-state index in [1.54, 1.807) is 32.0 Å².